The van der Waals surface area contributed by atoms with Crippen LogP contribution in [0.1, 0.15) is 11.1 Å². The largest absolute Gasteiger partial charge is 0.482 e. The van der Waals surface area contributed by atoms with Gasteiger partial charge in [-0.15, -0.1) is 0 Å². The molecule has 1 aliphatic heterocycles. The molecule has 2 heterocycles. The van der Waals surface area contributed by atoms with Crippen LogP contribution in [0.15, 0.2) is 72.9 Å². The molecule has 4 aromatic rings. The van der Waals surface area contributed by atoms with Crippen molar-refractivity contribution in [3.05, 3.63) is 89.9 Å². The van der Waals surface area contributed by atoms with Crippen molar-refractivity contribution in [3.8, 4) is 5.75 Å². The van der Waals surface area contributed by atoms with Crippen molar-refractivity contribution in [1.29, 1.82) is 0 Å². The molecule has 0 fully saturated rings. The number of H-pyrrole nitrogens is 1. The van der Waals surface area contributed by atoms with Gasteiger partial charge in [-0.2, -0.15) is 0 Å². The summed E-state index contributed by atoms with van der Waals surface area (Å²) in [7, 11) is 0. The molecule has 2 amide bonds. The number of nitrogens with one attached hydrogen (secondary N) is 2. The Morgan fingerprint density at radius 3 is 2.75 bits per heavy atom. The van der Waals surface area contributed by atoms with E-state index in [0.29, 0.717) is 17.1 Å². The predicted molar refractivity (Wildman–Crippen MR) is 120 cm³/mol. The van der Waals surface area contributed by atoms with Crippen LogP contribution in [-0.4, -0.2) is 23.4 Å². The van der Waals surface area contributed by atoms with E-state index in [9.17, 15) is 14.0 Å². The molecule has 0 bridgehead atoms. The second kappa shape index (κ2) is 8.19. The van der Waals surface area contributed by atoms with Crippen molar-refractivity contribution in [3.63, 3.8) is 0 Å². The molecule has 1 aliphatic rings. The molecule has 0 unspecified atom stereocenters. The maximum absolute atomic E-state index is 13.2. The highest BCUT2D eigenvalue weighted by molar-refractivity contribution is 6.00. The molecule has 5 rings (SSSR count). The van der Waals surface area contributed by atoms with E-state index >= 15 is 0 Å². The van der Waals surface area contributed by atoms with Crippen LogP contribution in [0.2, 0.25) is 0 Å². The standard InChI is InChI=1S/C25H20FN3O3/c26-18-7-5-16(6-8-18)14-29-22-12-19(9-10-23(22)32-15-25(29)31)28-24(30)11-17-13-27-21-4-2-1-3-20(17)21/h1-10,12-13,27H,11,14-15H2,(H,28,30). The number of aromatic nitrogens is 1. The van der Waals surface area contributed by atoms with Crippen molar-refractivity contribution >= 4 is 34.1 Å². The Morgan fingerprint density at radius 2 is 1.91 bits per heavy atom. The van der Waals surface area contributed by atoms with Gasteiger partial charge in [0.2, 0.25) is 5.91 Å². The van der Waals surface area contributed by atoms with Gasteiger partial charge in [-0.3, -0.25) is 9.59 Å². The lowest BCUT2D eigenvalue weighted by Crippen LogP contribution is -2.38. The summed E-state index contributed by atoms with van der Waals surface area (Å²) < 4.78 is 18.8. The summed E-state index contributed by atoms with van der Waals surface area (Å²) in [4.78, 5) is 30.0. The topological polar surface area (TPSA) is 74.4 Å². The van der Waals surface area contributed by atoms with Crippen LogP contribution in [0, 0.1) is 5.82 Å². The fourth-order valence-electron chi connectivity index (χ4n) is 3.88. The minimum atomic E-state index is -0.331. The Bertz CT molecular complexity index is 1310. The van der Waals surface area contributed by atoms with Gasteiger partial charge in [0.05, 0.1) is 18.7 Å². The number of carbonyl (C=O) groups excluding carboxylic acids is 2. The highest BCUT2D eigenvalue weighted by Crippen LogP contribution is 2.35. The van der Waals surface area contributed by atoms with E-state index in [4.69, 9.17) is 4.74 Å². The number of halogens is 1. The number of nitrogens with zero attached hydrogens (tertiary/aromatic N) is 1. The zero-order valence-corrected chi connectivity index (χ0v) is 17.1. The first-order valence-corrected chi connectivity index (χ1v) is 10.2. The van der Waals surface area contributed by atoms with E-state index in [1.165, 1.54) is 12.1 Å². The molecule has 0 aliphatic carbocycles. The lowest BCUT2D eigenvalue weighted by molar-refractivity contribution is -0.121. The van der Waals surface area contributed by atoms with Crippen LogP contribution in [0.3, 0.4) is 0 Å². The molecule has 2 N–H and O–H groups in total. The molecule has 1 aromatic heterocycles. The minimum absolute atomic E-state index is 0.0690. The molecule has 0 saturated heterocycles. The number of fused-ring (bicyclic) bond motifs is 2. The van der Waals surface area contributed by atoms with Gasteiger partial charge < -0.3 is 19.9 Å². The number of amides is 2. The summed E-state index contributed by atoms with van der Waals surface area (Å²) >= 11 is 0. The van der Waals surface area contributed by atoms with E-state index in [1.54, 1.807) is 35.2 Å². The van der Waals surface area contributed by atoms with E-state index in [0.717, 1.165) is 22.0 Å². The summed E-state index contributed by atoms with van der Waals surface area (Å²) in [5.74, 6) is -0.143. The van der Waals surface area contributed by atoms with Crippen LogP contribution < -0.4 is 15.0 Å². The number of hydrogen-bond donors (Lipinski definition) is 2. The molecule has 160 valence electrons. The second-order valence-electron chi connectivity index (χ2n) is 7.66. The molecule has 0 radical (unpaired) electrons. The quantitative estimate of drug-likeness (QED) is 0.493. The normalized spacial score (nSPS) is 13.0. The van der Waals surface area contributed by atoms with Gasteiger partial charge in [0.25, 0.3) is 5.91 Å². The smallest absolute Gasteiger partial charge is 0.265 e. The van der Waals surface area contributed by atoms with Gasteiger partial charge in [0.15, 0.2) is 6.61 Å². The second-order valence-corrected chi connectivity index (χ2v) is 7.66. The zero-order chi connectivity index (χ0) is 22.1. The molecule has 6 nitrogen and oxygen atoms in total. The Balaban J connectivity index is 1.36. The maximum Gasteiger partial charge on any atom is 0.265 e. The molecule has 3 aromatic carbocycles. The van der Waals surface area contributed by atoms with Gasteiger partial charge in [-0.25, -0.2) is 4.39 Å². The molecular formula is C25H20FN3O3. The molecule has 0 saturated carbocycles. The van der Waals surface area contributed by atoms with Crippen LogP contribution in [0.25, 0.3) is 10.9 Å². The Labute approximate surface area is 183 Å². The van der Waals surface area contributed by atoms with Gasteiger partial charge in [0.1, 0.15) is 11.6 Å². The van der Waals surface area contributed by atoms with E-state index < -0.39 is 0 Å². The van der Waals surface area contributed by atoms with Crippen LogP contribution in [0.4, 0.5) is 15.8 Å². The number of carbonyl (C=O) groups is 2. The third-order valence-electron chi connectivity index (χ3n) is 5.47. The molecule has 7 heteroatoms. The molecular weight excluding hydrogens is 409 g/mol. The average Bonchev–Trinajstić information content (AvgIpc) is 3.20. The number of rotatable bonds is 5. The predicted octanol–water partition coefficient (Wildman–Crippen LogP) is 4.41. The van der Waals surface area contributed by atoms with E-state index in [2.05, 4.69) is 10.3 Å². The highest BCUT2D eigenvalue weighted by Gasteiger charge is 2.26. The fraction of sp³-hybridized carbons (Fsp3) is 0.120. The first-order valence-electron chi connectivity index (χ1n) is 10.2. The summed E-state index contributed by atoms with van der Waals surface area (Å²) in [6, 6.07) is 19.0. The van der Waals surface area contributed by atoms with E-state index in [1.807, 2.05) is 30.5 Å². The molecule has 32 heavy (non-hydrogen) atoms. The fourth-order valence-corrected chi connectivity index (χ4v) is 3.88. The molecule has 0 atom stereocenters. The third-order valence-corrected chi connectivity index (χ3v) is 5.47. The van der Waals surface area contributed by atoms with Gasteiger partial charge in [-0.05, 0) is 47.5 Å². The van der Waals surface area contributed by atoms with Crippen LogP contribution in [0.5, 0.6) is 5.75 Å². The SMILES string of the molecule is O=C(Cc1c[nH]c2ccccc12)Nc1ccc2c(c1)N(Cc1ccc(F)cc1)C(=O)CO2. The van der Waals surface area contributed by atoms with Crippen molar-refractivity contribution in [2.75, 3.05) is 16.8 Å². The lowest BCUT2D eigenvalue weighted by atomic mass is 10.1. The summed E-state index contributed by atoms with van der Waals surface area (Å²) in [5.41, 5.74) is 3.82. The van der Waals surface area contributed by atoms with Crippen molar-refractivity contribution < 1.29 is 18.7 Å². The first kappa shape index (κ1) is 19.8. The number of para-hydroxylation sites is 1. The van der Waals surface area contributed by atoms with Gasteiger partial charge in [-0.1, -0.05) is 30.3 Å². The Hall–Kier alpha value is -4.13. The number of hydrogen-bond acceptors (Lipinski definition) is 3. The van der Waals surface area contributed by atoms with Crippen molar-refractivity contribution in [2.45, 2.75) is 13.0 Å². The third kappa shape index (κ3) is 3.92. The summed E-state index contributed by atoms with van der Waals surface area (Å²) in [5, 5.41) is 3.92. The minimum Gasteiger partial charge on any atom is -0.482 e. The van der Waals surface area contributed by atoms with Crippen LogP contribution >= 0.6 is 0 Å². The number of aromatic amines is 1. The summed E-state index contributed by atoms with van der Waals surface area (Å²) in [6.45, 7) is 0.211. The first-order chi connectivity index (χ1) is 15.6. The monoisotopic (exact) mass is 429 g/mol. The summed E-state index contributed by atoms with van der Waals surface area (Å²) in [6.07, 6.45) is 2.06. The van der Waals surface area contributed by atoms with Gasteiger partial charge >= 0.3 is 0 Å². The average molecular weight is 429 g/mol. The van der Waals surface area contributed by atoms with Crippen LogP contribution in [-0.2, 0) is 22.6 Å². The number of anilines is 2. The lowest BCUT2D eigenvalue weighted by Gasteiger charge is -2.30. The zero-order valence-electron chi connectivity index (χ0n) is 17.1. The van der Waals surface area contributed by atoms with Gasteiger partial charge in [0, 0.05) is 22.8 Å². The Kier molecular flexibility index (Phi) is 5.07. The van der Waals surface area contributed by atoms with Crippen molar-refractivity contribution in [1.82, 2.24) is 4.98 Å². The highest BCUT2D eigenvalue weighted by atomic mass is 19.1. The maximum atomic E-state index is 13.2. The molecule has 0 spiro atoms. The van der Waals surface area contributed by atoms with E-state index in [-0.39, 0.29) is 37.2 Å². The Morgan fingerprint density at radius 1 is 1.09 bits per heavy atom. The number of ether oxygens (including phenoxy) is 1. The van der Waals surface area contributed by atoms with Crippen molar-refractivity contribution in [2.24, 2.45) is 0 Å². The number of benzene rings is 3.